The fourth-order valence-corrected chi connectivity index (χ4v) is 2.17. The molecule has 15 heavy (non-hydrogen) atoms. The zero-order valence-corrected chi connectivity index (χ0v) is 9.47. The zero-order valence-electron chi connectivity index (χ0n) is 8.65. The Labute approximate surface area is 93.0 Å². The molecule has 1 rings (SSSR count). The highest BCUT2D eigenvalue weighted by atomic mass is 32.2. The second-order valence-corrected chi connectivity index (χ2v) is 4.48. The number of rotatable bonds is 4. The highest BCUT2D eigenvalue weighted by Gasteiger charge is 2.20. The average Bonchev–Trinajstić information content (AvgIpc) is 2.66. The van der Waals surface area contributed by atoms with Crippen LogP contribution in [0.25, 0.3) is 0 Å². The van der Waals surface area contributed by atoms with Gasteiger partial charge in [0.05, 0.1) is 0 Å². The second-order valence-electron chi connectivity index (χ2n) is 3.33. The molecule has 0 amide bonds. The van der Waals surface area contributed by atoms with E-state index >= 15 is 0 Å². The molecule has 0 bridgehead atoms. The van der Waals surface area contributed by atoms with Crippen molar-refractivity contribution in [2.24, 2.45) is 0 Å². The van der Waals surface area contributed by atoms with Crippen LogP contribution in [0.2, 0.25) is 0 Å². The minimum atomic E-state index is -0.562. The summed E-state index contributed by atoms with van der Waals surface area (Å²) in [5.74, 6) is 0.800. The van der Waals surface area contributed by atoms with Gasteiger partial charge in [0.25, 0.3) is 0 Å². The van der Waals surface area contributed by atoms with Gasteiger partial charge < -0.3 is 9.47 Å². The van der Waals surface area contributed by atoms with Gasteiger partial charge in [-0.25, -0.2) is 9.59 Å². The molecule has 0 aromatic heterocycles. The van der Waals surface area contributed by atoms with Crippen LogP contribution in [0, 0.1) is 0 Å². The number of carbonyl (C=O) groups is 2. The van der Waals surface area contributed by atoms with Gasteiger partial charge in [0.1, 0.15) is 6.10 Å². The quantitative estimate of drug-likeness (QED) is 0.535. The molecule has 0 spiro atoms. The monoisotopic (exact) mass is 230 g/mol. The number of thioether (sulfide) groups is 1. The molecule has 5 heteroatoms. The van der Waals surface area contributed by atoms with Crippen LogP contribution in [-0.4, -0.2) is 36.2 Å². The summed E-state index contributed by atoms with van der Waals surface area (Å²) in [5, 5.41) is 0. The van der Waals surface area contributed by atoms with Gasteiger partial charge >= 0.3 is 11.9 Å². The van der Waals surface area contributed by atoms with Crippen LogP contribution in [0.15, 0.2) is 12.2 Å². The summed E-state index contributed by atoms with van der Waals surface area (Å²) in [6, 6.07) is 0. The molecule has 0 aromatic carbocycles. The summed E-state index contributed by atoms with van der Waals surface area (Å²) in [7, 11) is 0. The first-order valence-corrected chi connectivity index (χ1v) is 5.85. The van der Waals surface area contributed by atoms with Crippen molar-refractivity contribution in [2.75, 3.05) is 18.1 Å². The molecule has 0 radical (unpaired) electrons. The Morgan fingerprint density at radius 2 is 2.27 bits per heavy atom. The lowest BCUT2D eigenvalue weighted by atomic mass is 10.3. The topological polar surface area (TPSA) is 52.6 Å². The van der Waals surface area contributed by atoms with Gasteiger partial charge in [-0.05, 0) is 19.1 Å². The van der Waals surface area contributed by atoms with E-state index in [9.17, 15) is 9.59 Å². The molecule has 0 saturated carbocycles. The molecule has 1 aliphatic rings. The first kappa shape index (κ1) is 12.1. The highest BCUT2D eigenvalue weighted by Crippen LogP contribution is 2.19. The van der Waals surface area contributed by atoms with Gasteiger partial charge in [-0.1, -0.05) is 6.58 Å². The van der Waals surface area contributed by atoms with Gasteiger partial charge in [0, 0.05) is 11.3 Å². The van der Waals surface area contributed by atoms with Crippen LogP contribution in [0.3, 0.4) is 0 Å². The molecule has 84 valence electrons. The molecule has 0 aliphatic carbocycles. The third-order valence-corrected chi connectivity index (χ3v) is 2.99. The van der Waals surface area contributed by atoms with Crippen molar-refractivity contribution in [3.05, 3.63) is 12.2 Å². The van der Waals surface area contributed by atoms with Crippen molar-refractivity contribution in [2.45, 2.75) is 19.4 Å². The van der Waals surface area contributed by atoms with E-state index in [1.54, 1.807) is 11.8 Å². The Morgan fingerprint density at radius 1 is 1.53 bits per heavy atom. The Bertz CT molecular complexity index is 269. The van der Waals surface area contributed by atoms with Crippen LogP contribution in [0.1, 0.15) is 13.3 Å². The molecule has 0 aromatic rings. The van der Waals surface area contributed by atoms with Gasteiger partial charge in [0.2, 0.25) is 0 Å². The second kappa shape index (κ2) is 5.80. The lowest BCUT2D eigenvalue weighted by molar-refractivity contribution is -0.159. The number of ether oxygens (including phenoxy) is 2. The Hall–Kier alpha value is -0.970. The predicted molar refractivity (Wildman–Crippen MR) is 57.6 cm³/mol. The standard InChI is InChI=1S/C10H14O4S/c1-7(2)10(12)13-5-9(11)14-8-3-4-15-6-8/h8H,1,3-6H2,2H3. The van der Waals surface area contributed by atoms with Gasteiger partial charge in [0.15, 0.2) is 6.61 Å². The third kappa shape index (κ3) is 4.38. The Morgan fingerprint density at radius 3 is 2.80 bits per heavy atom. The Balaban J connectivity index is 2.18. The predicted octanol–water partition coefficient (Wildman–Crippen LogP) is 1.15. The van der Waals surface area contributed by atoms with Crippen molar-refractivity contribution in [3.63, 3.8) is 0 Å². The largest absolute Gasteiger partial charge is 0.459 e. The maximum absolute atomic E-state index is 11.2. The molecule has 1 heterocycles. The number of esters is 2. The molecule has 1 saturated heterocycles. The van der Waals surface area contributed by atoms with E-state index < -0.39 is 11.9 Å². The van der Waals surface area contributed by atoms with Crippen molar-refractivity contribution < 1.29 is 19.1 Å². The van der Waals surface area contributed by atoms with E-state index in [1.807, 2.05) is 0 Å². The van der Waals surface area contributed by atoms with E-state index in [-0.39, 0.29) is 18.3 Å². The van der Waals surface area contributed by atoms with E-state index in [0.29, 0.717) is 0 Å². The normalized spacial score (nSPS) is 19.7. The average molecular weight is 230 g/mol. The van der Waals surface area contributed by atoms with Crippen LogP contribution in [-0.2, 0) is 19.1 Å². The minimum Gasteiger partial charge on any atom is -0.459 e. The summed E-state index contributed by atoms with van der Waals surface area (Å²) in [5.41, 5.74) is 0.277. The SMILES string of the molecule is C=C(C)C(=O)OCC(=O)OC1CCSC1. The summed E-state index contributed by atoms with van der Waals surface area (Å²) in [6.07, 6.45) is 0.858. The summed E-state index contributed by atoms with van der Waals surface area (Å²) >= 11 is 1.75. The van der Waals surface area contributed by atoms with Crippen LogP contribution in [0.5, 0.6) is 0 Å². The van der Waals surface area contributed by atoms with Gasteiger partial charge in [-0.2, -0.15) is 11.8 Å². The number of carbonyl (C=O) groups excluding carboxylic acids is 2. The molecular weight excluding hydrogens is 216 g/mol. The van der Waals surface area contributed by atoms with E-state index in [4.69, 9.17) is 4.74 Å². The minimum absolute atomic E-state index is 0.0222. The zero-order chi connectivity index (χ0) is 11.3. The maximum Gasteiger partial charge on any atom is 0.344 e. The van der Waals surface area contributed by atoms with Crippen molar-refractivity contribution in [3.8, 4) is 0 Å². The maximum atomic E-state index is 11.2. The van der Waals surface area contributed by atoms with Crippen molar-refractivity contribution in [1.29, 1.82) is 0 Å². The van der Waals surface area contributed by atoms with Crippen molar-refractivity contribution in [1.82, 2.24) is 0 Å². The lowest BCUT2D eigenvalue weighted by Crippen LogP contribution is -2.22. The van der Waals surface area contributed by atoms with E-state index in [2.05, 4.69) is 11.3 Å². The van der Waals surface area contributed by atoms with Gasteiger partial charge in [-0.3, -0.25) is 0 Å². The molecule has 1 unspecified atom stereocenters. The fraction of sp³-hybridized carbons (Fsp3) is 0.600. The van der Waals surface area contributed by atoms with Crippen molar-refractivity contribution >= 4 is 23.7 Å². The Kier molecular flexibility index (Phi) is 4.68. The molecule has 0 N–H and O–H groups in total. The number of hydrogen-bond donors (Lipinski definition) is 0. The molecular formula is C10H14O4S. The summed E-state index contributed by atoms with van der Waals surface area (Å²) in [4.78, 5) is 22.1. The molecule has 1 atom stereocenters. The van der Waals surface area contributed by atoms with E-state index in [0.717, 1.165) is 17.9 Å². The first-order valence-electron chi connectivity index (χ1n) is 4.69. The van der Waals surface area contributed by atoms with Crippen LogP contribution < -0.4 is 0 Å². The smallest absolute Gasteiger partial charge is 0.344 e. The van der Waals surface area contributed by atoms with Gasteiger partial charge in [-0.15, -0.1) is 0 Å². The first-order chi connectivity index (χ1) is 7.09. The van der Waals surface area contributed by atoms with Crippen LogP contribution in [0.4, 0.5) is 0 Å². The number of hydrogen-bond acceptors (Lipinski definition) is 5. The molecule has 4 nitrogen and oxygen atoms in total. The summed E-state index contributed by atoms with van der Waals surface area (Å²) in [6.45, 7) is 4.61. The fourth-order valence-electron chi connectivity index (χ4n) is 1.07. The molecule has 1 aliphatic heterocycles. The highest BCUT2D eigenvalue weighted by molar-refractivity contribution is 7.99. The van der Waals surface area contributed by atoms with Crippen LogP contribution >= 0.6 is 11.8 Å². The molecule has 1 fully saturated rings. The summed E-state index contributed by atoms with van der Waals surface area (Å²) < 4.78 is 9.73. The lowest BCUT2D eigenvalue weighted by Gasteiger charge is -2.10. The van der Waals surface area contributed by atoms with E-state index in [1.165, 1.54) is 6.92 Å². The third-order valence-electron chi connectivity index (χ3n) is 1.86.